The van der Waals surface area contributed by atoms with Crippen molar-refractivity contribution in [3.63, 3.8) is 0 Å². The minimum Gasteiger partial charge on any atom is -0.495 e. The van der Waals surface area contributed by atoms with E-state index < -0.39 is 24.5 Å². The number of benzene rings is 2. The first kappa shape index (κ1) is 23.1. The number of carbonyl (C=O) groups is 4. The second-order valence-electron chi connectivity index (χ2n) is 9.49. The van der Waals surface area contributed by atoms with Gasteiger partial charge in [-0.1, -0.05) is 42.5 Å². The minimum atomic E-state index is -1.11. The van der Waals surface area contributed by atoms with Gasteiger partial charge in [0.25, 0.3) is 5.91 Å². The number of nitrogens with one attached hydrogen (secondary N) is 1. The maximum absolute atomic E-state index is 13.4. The number of amides is 3. The summed E-state index contributed by atoms with van der Waals surface area (Å²) in [6.45, 7) is -0.545. The first-order valence-corrected chi connectivity index (χ1v) is 12.0. The van der Waals surface area contributed by atoms with Gasteiger partial charge >= 0.3 is 5.97 Å². The zero-order valence-corrected chi connectivity index (χ0v) is 19.5. The Labute approximate surface area is 203 Å². The van der Waals surface area contributed by atoms with Crippen molar-refractivity contribution >= 4 is 29.4 Å². The van der Waals surface area contributed by atoms with Crippen molar-refractivity contribution in [1.82, 2.24) is 4.90 Å². The summed E-state index contributed by atoms with van der Waals surface area (Å²) in [5.41, 5.74) is 1.25. The van der Waals surface area contributed by atoms with Gasteiger partial charge in [0.1, 0.15) is 11.8 Å². The van der Waals surface area contributed by atoms with Gasteiger partial charge in [-0.3, -0.25) is 19.3 Å². The molecular weight excluding hydrogens is 448 g/mol. The van der Waals surface area contributed by atoms with E-state index in [-0.39, 0.29) is 41.9 Å². The average Bonchev–Trinajstić information content (AvgIpc) is 3.56. The Morgan fingerprint density at radius 2 is 1.60 bits per heavy atom. The number of carbonyl (C=O) groups excluding carboxylic acids is 4. The summed E-state index contributed by atoms with van der Waals surface area (Å²) >= 11 is 0. The summed E-state index contributed by atoms with van der Waals surface area (Å²) < 4.78 is 10.6. The quantitative estimate of drug-likeness (QED) is 0.464. The van der Waals surface area contributed by atoms with Crippen LogP contribution in [0.5, 0.6) is 5.75 Å². The molecule has 2 bridgehead atoms. The second kappa shape index (κ2) is 9.52. The van der Waals surface area contributed by atoms with Crippen LogP contribution in [0.25, 0.3) is 0 Å². The highest BCUT2D eigenvalue weighted by molar-refractivity contribution is 6.08. The minimum absolute atomic E-state index is 0.139. The predicted molar refractivity (Wildman–Crippen MR) is 126 cm³/mol. The fourth-order valence-corrected chi connectivity index (χ4v) is 6.02. The fourth-order valence-electron chi connectivity index (χ4n) is 6.02. The van der Waals surface area contributed by atoms with E-state index in [1.54, 1.807) is 24.3 Å². The molecule has 1 N–H and O–H groups in total. The third-order valence-electron chi connectivity index (χ3n) is 7.54. The lowest BCUT2D eigenvalue weighted by Crippen LogP contribution is -2.48. The molecule has 2 saturated carbocycles. The summed E-state index contributed by atoms with van der Waals surface area (Å²) in [6, 6.07) is 15.0. The average molecular weight is 477 g/mol. The number of anilines is 1. The number of hydrogen-bond donors (Lipinski definition) is 1. The number of esters is 1. The van der Waals surface area contributed by atoms with Gasteiger partial charge < -0.3 is 14.8 Å². The number of likely N-dealkylation sites (tertiary alicyclic amines) is 1. The summed E-state index contributed by atoms with van der Waals surface area (Å²) in [7, 11) is 1.49. The van der Waals surface area contributed by atoms with Crippen molar-refractivity contribution in [2.75, 3.05) is 19.0 Å². The van der Waals surface area contributed by atoms with E-state index in [1.807, 2.05) is 30.3 Å². The Morgan fingerprint density at radius 1 is 0.971 bits per heavy atom. The maximum Gasteiger partial charge on any atom is 0.330 e. The molecule has 3 fully saturated rings. The normalized spacial score (nSPS) is 25.3. The predicted octanol–water partition coefficient (Wildman–Crippen LogP) is 2.82. The Kier molecular flexibility index (Phi) is 6.28. The van der Waals surface area contributed by atoms with E-state index in [0.29, 0.717) is 11.4 Å². The molecule has 0 aromatic heterocycles. The molecule has 5 atom stereocenters. The van der Waals surface area contributed by atoms with Gasteiger partial charge in [-0.2, -0.15) is 0 Å². The van der Waals surface area contributed by atoms with Crippen molar-refractivity contribution in [2.24, 2.45) is 23.7 Å². The lowest BCUT2D eigenvalue weighted by atomic mass is 9.81. The van der Waals surface area contributed by atoms with E-state index in [1.165, 1.54) is 7.11 Å². The standard InChI is InChI=1S/C27H28N2O6/c1-34-21-10-6-5-9-19(21)28-22(30)15-35-27(33)20(13-16-7-3-2-4-8-16)29-25(31)23-17-11-12-18(14-17)24(23)26(29)32/h2-10,17-18,20,23-24H,11-15H2,1H3,(H,28,30)/t17-,18-,20+,23-,24+/m0/s1. The molecule has 2 aromatic carbocycles. The van der Waals surface area contributed by atoms with Crippen molar-refractivity contribution in [3.05, 3.63) is 60.2 Å². The molecule has 0 spiro atoms. The van der Waals surface area contributed by atoms with E-state index in [2.05, 4.69) is 5.32 Å². The van der Waals surface area contributed by atoms with Crippen LogP contribution in [0.15, 0.2) is 54.6 Å². The van der Waals surface area contributed by atoms with Gasteiger partial charge in [-0.05, 0) is 48.8 Å². The molecule has 1 saturated heterocycles. The molecule has 8 nitrogen and oxygen atoms in total. The SMILES string of the molecule is COc1ccccc1NC(=O)COC(=O)[C@@H](Cc1ccccc1)N1C(=O)[C@@H]2[C@H]3CC[C@@H](C3)[C@@H]2C1=O. The van der Waals surface area contributed by atoms with Gasteiger partial charge in [-0.15, -0.1) is 0 Å². The van der Waals surface area contributed by atoms with Crippen LogP contribution in [0.1, 0.15) is 24.8 Å². The molecule has 1 heterocycles. The smallest absolute Gasteiger partial charge is 0.330 e. The summed E-state index contributed by atoms with van der Waals surface area (Å²) in [5, 5.41) is 2.66. The van der Waals surface area contributed by atoms with E-state index in [0.717, 1.165) is 29.7 Å². The zero-order chi connectivity index (χ0) is 24.5. The van der Waals surface area contributed by atoms with Crippen LogP contribution in [0.2, 0.25) is 0 Å². The third kappa shape index (κ3) is 4.29. The van der Waals surface area contributed by atoms with Gasteiger partial charge in [-0.25, -0.2) is 4.79 Å². The molecule has 0 unspecified atom stereocenters. The molecule has 2 aromatic rings. The summed E-state index contributed by atoms with van der Waals surface area (Å²) in [6.07, 6.45) is 2.96. The van der Waals surface area contributed by atoms with Crippen LogP contribution in [0.4, 0.5) is 5.69 Å². The van der Waals surface area contributed by atoms with E-state index in [9.17, 15) is 19.2 Å². The van der Waals surface area contributed by atoms with E-state index >= 15 is 0 Å². The monoisotopic (exact) mass is 476 g/mol. The van der Waals surface area contributed by atoms with Gasteiger partial charge in [0, 0.05) is 6.42 Å². The molecule has 5 rings (SSSR count). The second-order valence-corrected chi connectivity index (χ2v) is 9.49. The van der Waals surface area contributed by atoms with Crippen molar-refractivity contribution < 1.29 is 28.7 Å². The van der Waals surface area contributed by atoms with Crippen LogP contribution in [-0.4, -0.2) is 48.3 Å². The van der Waals surface area contributed by atoms with Crippen LogP contribution in [0.3, 0.4) is 0 Å². The number of fused-ring (bicyclic) bond motifs is 5. The highest BCUT2D eigenvalue weighted by Crippen LogP contribution is 2.56. The lowest BCUT2D eigenvalue weighted by molar-refractivity contribution is -0.160. The van der Waals surface area contributed by atoms with Crippen molar-refractivity contribution in [2.45, 2.75) is 31.7 Å². The summed E-state index contributed by atoms with van der Waals surface area (Å²) in [4.78, 5) is 53.6. The Balaban J connectivity index is 1.32. The largest absolute Gasteiger partial charge is 0.495 e. The van der Waals surface area contributed by atoms with Gasteiger partial charge in [0.2, 0.25) is 11.8 Å². The molecule has 3 amide bonds. The first-order valence-electron chi connectivity index (χ1n) is 12.0. The highest BCUT2D eigenvalue weighted by atomic mass is 16.5. The fraction of sp³-hybridized carbons (Fsp3) is 0.407. The number of rotatable bonds is 8. The Hall–Kier alpha value is -3.68. The van der Waals surface area contributed by atoms with Crippen LogP contribution >= 0.6 is 0 Å². The van der Waals surface area contributed by atoms with E-state index in [4.69, 9.17) is 9.47 Å². The van der Waals surface area contributed by atoms with Crippen LogP contribution < -0.4 is 10.1 Å². The molecule has 3 aliphatic rings. The van der Waals surface area contributed by atoms with Crippen molar-refractivity contribution in [1.29, 1.82) is 0 Å². The Morgan fingerprint density at radius 3 is 2.26 bits per heavy atom. The summed E-state index contributed by atoms with van der Waals surface area (Å²) in [5.74, 6) is -1.62. The number of methoxy groups -OCH3 is 1. The molecule has 8 heteroatoms. The van der Waals surface area contributed by atoms with Gasteiger partial charge in [0.15, 0.2) is 6.61 Å². The molecular formula is C27H28N2O6. The third-order valence-corrected chi connectivity index (χ3v) is 7.54. The highest BCUT2D eigenvalue weighted by Gasteiger charge is 2.62. The van der Waals surface area contributed by atoms with Crippen molar-refractivity contribution in [3.8, 4) is 5.75 Å². The van der Waals surface area contributed by atoms with Gasteiger partial charge in [0.05, 0.1) is 24.6 Å². The van der Waals surface area contributed by atoms with Crippen LogP contribution in [0, 0.1) is 23.7 Å². The molecule has 1 aliphatic heterocycles. The lowest BCUT2D eigenvalue weighted by Gasteiger charge is -2.26. The topological polar surface area (TPSA) is 102 Å². The number of imide groups is 1. The molecule has 0 radical (unpaired) electrons. The number of hydrogen-bond acceptors (Lipinski definition) is 6. The molecule has 35 heavy (non-hydrogen) atoms. The maximum atomic E-state index is 13.4. The molecule has 182 valence electrons. The number of nitrogens with zero attached hydrogens (tertiary/aromatic N) is 1. The Bertz CT molecular complexity index is 1120. The number of ether oxygens (including phenoxy) is 2. The zero-order valence-electron chi connectivity index (χ0n) is 19.5. The number of para-hydroxylation sites is 2. The molecule has 2 aliphatic carbocycles. The van der Waals surface area contributed by atoms with Crippen LogP contribution in [-0.2, 0) is 30.3 Å². The first-order chi connectivity index (χ1) is 17.0.